The van der Waals surface area contributed by atoms with Gasteiger partial charge in [0.25, 0.3) is 0 Å². The van der Waals surface area contributed by atoms with Crippen LogP contribution in [-0.2, 0) is 14.9 Å². The highest BCUT2D eigenvalue weighted by Gasteiger charge is 2.37. The molecule has 1 aliphatic rings. The van der Waals surface area contributed by atoms with Gasteiger partial charge in [-0.15, -0.1) is 0 Å². The molecule has 0 aliphatic heterocycles. The molecule has 0 radical (unpaired) electrons. The summed E-state index contributed by atoms with van der Waals surface area (Å²) in [5.41, 5.74) is 5.06. The summed E-state index contributed by atoms with van der Waals surface area (Å²) in [5.74, 6) is 0.405. The second-order valence-electron chi connectivity index (χ2n) is 5.11. The largest absolute Gasteiger partial charge is 0.449 e. The summed E-state index contributed by atoms with van der Waals surface area (Å²) in [6.07, 6.45) is 2.35. The molecule has 1 amide bonds. The minimum absolute atomic E-state index is 0.112. The summed E-state index contributed by atoms with van der Waals surface area (Å²) in [6, 6.07) is 0. The molecule has 0 saturated heterocycles. The van der Waals surface area contributed by atoms with Crippen molar-refractivity contribution in [3.63, 3.8) is 0 Å². The predicted octanol–water partition coefficient (Wildman–Crippen LogP) is 0.475. The van der Waals surface area contributed by atoms with E-state index in [1.54, 1.807) is 6.92 Å². The lowest BCUT2D eigenvalue weighted by atomic mass is 9.77. The number of nitrogens with one attached hydrogen (secondary N) is 2. The molecule has 0 bridgehead atoms. The molecule has 0 heterocycles. The van der Waals surface area contributed by atoms with Crippen molar-refractivity contribution < 1.29 is 17.9 Å². The van der Waals surface area contributed by atoms with E-state index in [0.717, 1.165) is 12.8 Å². The molecule has 4 N–H and O–H groups in total. The third-order valence-electron chi connectivity index (χ3n) is 3.33. The van der Waals surface area contributed by atoms with Gasteiger partial charge in [0.15, 0.2) is 0 Å². The second-order valence-corrected chi connectivity index (χ2v) is 6.53. The van der Waals surface area contributed by atoms with E-state index in [1.165, 1.54) is 0 Å². The van der Waals surface area contributed by atoms with Crippen molar-refractivity contribution in [2.75, 3.05) is 13.2 Å². The fourth-order valence-electron chi connectivity index (χ4n) is 2.56. The minimum atomic E-state index is -3.95. The van der Waals surface area contributed by atoms with Crippen LogP contribution >= 0.6 is 0 Å². The fraction of sp³-hybridized carbons (Fsp3) is 0.909. The van der Waals surface area contributed by atoms with Gasteiger partial charge in [0.05, 0.1) is 6.61 Å². The number of hydrogen-bond donors (Lipinski definition) is 3. The quantitative estimate of drug-likeness (QED) is 0.682. The molecule has 1 rings (SSSR count). The summed E-state index contributed by atoms with van der Waals surface area (Å²) < 4.78 is 32.6. The first kappa shape index (κ1) is 16.2. The Morgan fingerprint density at radius 1 is 1.53 bits per heavy atom. The maximum atomic E-state index is 11.9. The molecule has 2 atom stereocenters. The summed E-state index contributed by atoms with van der Waals surface area (Å²) in [6.45, 7) is 3.99. The topological polar surface area (TPSA) is 111 Å². The Balaban J connectivity index is 2.71. The highest BCUT2D eigenvalue weighted by Crippen LogP contribution is 2.31. The van der Waals surface area contributed by atoms with Gasteiger partial charge in [-0.2, -0.15) is 13.1 Å². The van der Waals surface area contributed by atoms with Crippen LogP contribution in [0.2, 0.25) is 0 Å². The van der Waals surface area contributed by atoms with Gasteiger partial charge in [0.1, 0.15) is 0 Å². The van der Waals surface area contributed by atoms with Crippen molar-refractivity contribution >= 4 is 16.3 Å². The first-order valence-electron chi connectivity index (χ1n) is 6.51. The Hall–Kier alpha value is -0.860. The Morgan fingerprint density at radius 2 is 2.21 bits per heavy atom. The second kappa shape index (κ2) is 6.53. The lowest BCUT2D eigenvalue weighted by Crippen LogP contribution is -2.59. The molecule has 0 aromatic heterocycles. The number of hydrogen-bond acceptors (Lipinski definition) is 5. The van der Waals surface area contributed by atoms with Crippen LogP contribution in [0.1, 0.15) is 39.5 Å². The molecular weight excluding hydrogens is 270 g/mol. The molecule has 0 aromatic carbocycles. The van der Waals surface area contributed by atoms with E-state index in [4.69, 9.17) is 5.73 Å². The van der Waals surface area contributed by atoms with E-state index >= 15 is 0 Å². The van der Waals surface area contributed by atoms with E-state index in [-0.39, 0.29) is 13.2 Å². The van der Waals surface area contributed by atoms with Crippen LogP contribution in [0.4, 0.5) is 4.79 Å². The van der Waals surface area contributed by atoms with E-state index in [9.17, 15) is 13.2 Å². The van der Waals surface area contributed by atoms with Gasteiger partial charge in [0.2, 0.25) is 0 Å². The lowest BCUT2D eigenvalue weighted by Gasteiger charge is -2.39. The van der Waals surface area contributed by atoms with Crippen molar-refractivity contribution in [3.05, 3.63) is 0 Å². The number of amides is 1. The average Bonchev–Trinajstić information content (AvgIpc) is 2.27. The van der Waals surface area contributed by atoms with Crippen LogP contribution < -0.4 is 15.2 Å². The smallest absolute Gasteiger partial charge is 0.421 e. The van der Waals surface area contributed by atoms with E-state index in [0.29, 0.717) is 18.8 Å². The molecule has 1 saturated carbocycles. The van der Waals surface area contributed by atoms with Crippen molar-refractivity contribution in [2.24, 2.45) is 11.7 Å². The zero-order valence-corrected chi connectivity index (χ0v) is 12.3. The highest BCUT2D eigenvalue weighted by molar-refractivity contribution is 7.88. The molecule has 7 nitrogen and oxygen atoms in total. The maximum Gasteiger partial charge on any atom is 0.421 e. The Kier molecular flexibility index (Phi) is 5.57. The normalized spacial score (nSPS) is 27.8. The molecule has 2 unspecified atom stereocenters. The number of carbonyl (C=O) groups excluding carboxylic acids is 1. The summed E-state index contributed by atoms with van der Waals surface area (Å²) in [7, 11) is -3.95. The first-order valence-corrected chi connectivity index (χ1v) is 7.99. The Labute approximate surface area is 114 Å². The summed E-state index contributed by atoms with van der Waals surface area (Å²) >= 11 is 0. The van der Waals surface area contributed by atoms with E-state index in [1.807, 2.05) is 4.72 Å². The monoisotopic (exact) mass is 293 g/mol. The molecule has 0 spiro atoms. The molecule has 8 heteroatoms. The molecule has 0 aromatic rings. The van der Waals surface area contributed by atoms with Crippen LogP contribution in [0.5, 0.6) is 0 Å². The molecule has 1 aliphatic carbocycles. The van der Waals surface area contributed by atoms with Gasteiger partial charge in [-0.3, -0.25) is 0 Å². The molecular formula is C11H23N3O4S. The van der Waals surface area contributed by atoms with Gasteiger partial charge < -0.3 is 10.5 Å². The lowest BCUT2D eigenvalue weighted by molar-refractivity contribution is 0.158. The predicted molar refractivity (Wildman–Crippen MR) is 71.6 cm³/mol. The molecule has 112 valence electrons. The number of rotatable bonds is 5. The zero-order valence-electron chi connectivity index (χ0n) is 11.4. The third-order valence-corrected chi connectivity index (χ3v) is 4.46. The number of carbonyl (C=O) groups is 1. The van der Waals surface area contributed by atoms with Gasteiger partial charge in [-0.25, -0.2) is 9.52 Å². The average molecular weight is 293 g/mol. The first-order chi connectivity index (χ1) is 8.82. The summed E-state index contributed by atoms with van der Waals surface area (Å²) in [4.78, 5) is 11.2. The van der Waals surface area contributed by atoms with Crippen molar-refractivity contribution in [1.29, 1.82) is 0 Å². The summed E-state index contributed by atoms with van der Waals surface area (Å²) in [5, 5.41) is 0. The van der Waals surface area contributed by atoms with Gasteiger partial charge in [-0.05, 0) is 25.7 Å². The highest BCUT2D eigenvalue weighted by atomic mass is 32.2. The maximum absolute atomic E-state index is 11.9. The Morgan fingerprint density at radius 3 is 2.74 bits per heavy atom. The van der Waals surface area contributed by atoms with Gasteiger partial charge >= 0.3 is 16.3 Å². The van der Waals surface area contributed by atoms with Crippen LogP contribution in [0, 0.1) is 5.92 Å². The van der Waals surface area contributed by atoms with Crippen LogP contribution in [-0.4, -0.2) is 33.2 Å². The SMILES string of the molecule is CCOC(=O)NS(=O)(=O)NC1(CN)CCCC(C)C1. The van der Waals surface area contributed by atoms with E-state index < -0.39 is 21.8 Å². The number of ether oxygens (including phenoxy) is 1. The van der Waals surface area contributed by atoms with Gasteiger partial charge in [-0.1, -0.05) is 19.8 Å². The van der Waals surface area contributed by atoms with Crippen molar-refractivity contribution in [3.8, 4) is 0 Å². The van der Waals surface area contributed by atoms with Gasteiger partial charge in [0, 0.05) is 12.1 Å². The minimum Gasteiger partial charge on any atom is -0.449 e. The zero-order chi connectivity index (χ0) is 14.5. The standard InChI is InChI=1S/C11H23N3O4S/c1-3-18-10(15)13-19(16,17)14-11(8-12)6-4-5-9(2)7-11/h9,14H,3-8,12H2,1-2H3,(H,13,15). The number of nitrogens with two attached hydrogens (primary N) is 1. The molecule has 1 fully saturated rings. The van der Waals surface area contributed by atoms with Crippen molar-refractivity contribution in [1.82, 2.24) is 9.44 Å². The van der Waals surface area contributed by atoms with Crippen molar-refractivity contribution in [2.45, 2.75) is 45.1 Å². The van der Waals surface area contributed by atoms with Crippen LogP contribution in [0.3, 0.4) is 0 Å². The molecule has 19 heavy (non-hydrogen) atoms. The van der Waals surface area contributed by atoms with Crippen LogP contribution in [0.15, 0.2) is 0 Å². The fourth-order valence-corrected chi connectivity index (χ4v) is 3.73. The van der Waals surface area contributed by atoms with Crippen LogP contribution in [0.25, 0.3) is 0 Å². The Bertz CT molecular complexity index is 412. The third kappa shape index (κ3) is 4.96. The van der Waals surface area contributed by atoms with E-state index in [2.05, 4.69) is 16.4 Å².